The summed E-state index contributed by atoms with van der Waals surface area (Å²) in [6, 6.07) is 8.12. The normalized spacial score (nSPS) is 10.5. The number of carbonyl (C=O) groups excluding carboxylic acids is 2. The van der Waals surface area contributed by atoms with Crippen molar-refractivity contribution in [2.45, 2.75) is 19.3 Å². The molecule has 0 heterocycles. The lowest BCUT2D eigenvalue weighted by atomic mass is 10.1. The highest BCUT2D eigenvalue weighted by Crippen LogP contribution is 2.35. The number of rotatable bonds is 12. The van der Waals surface area contributed by atoms with Crippen LogP contribution < -0.4 is 29.6 Å². The summed E-state index contributed by atoms with van der Waals surface area (Å²) >= 11 is 0. The number of benzene rings is 2. The molecule has 182 valence electrons. The van der Waals surface area contributed by atoms with E-state index in [1.807, 2.05) is 0 Å². The molecule has 0 atom stereocenters. The highest BCUT2D eigenvalue weighted by atomic mass is 16.5. The lowest BCUT2D eigenvalue weighted by molar-refractivity contribution is -0.137. The van der Waals surface area contributed by atoms with E-state index in [0.29, 0.717) is 39.9 Å². The highest BCUT2D eigenvalue weighted by molar-refractivity contribution is 6.03. The molecule has 0 aliphatic carbocycles. The fourth-order valence-corrected chi connectivity index (χ4v) is 3.04. The average molecular weight is 472 g/mol. The Kier molecular flexibility index (Phi) is 9.75. The number of hydrogen-bond acceptors (Lipinski definition) is 7. The second kappa shape index (κ2) is 12.7. The van der Waals surface area contributed by atoms with Gasteiger partial charge in [0.05, 0.1) is 39.7 Å². The van der Waals surface area contributed by atoms with Crippen LogP contribution in [0.15, 0.2) is 36.4 Å². The van der Waals surface area contributed by atoms with Crippen molar-refractivity contribution in [2.24, 2.45) is 0 Å². The van der Waals surface area contributed by atoms with Gasteiger partial charge in [-0.15, -0.1) is 0 Å². The molecule has 0 saturated carbocycles. The third-order valence-electron chi connectivity index (χ3n) is 4.69. The Morgan fingerprint density at radius 1 is 0.853 bits per heavy atom. The maximum atomic E-state index is 12.5. The van der Waals surface area contributed by atoms with Gasteiger partial charge in [-0.1, -0.05) is 0 Å². The van der Waals surface area contributed by atoms with E-state index in [1.54, 1.807) is 36.4 Å². The number of amides is 2. The predicted octanol–water partition coefficient (Wildman–Crippen LogP) is 3.57. The average Bonchev–Trinajstić information content (AvgIpc) is 2.82. The molecule has 0 fully saturated rings. The van der Waals surface area contributed by atoms with E-state index < -0.39 is 11.9 Å². The van der Waals surface area contributed by atoms with Crippen molar-refractivity contribution in [3.05, 3.63) is 42.0 Å². The molecule has 0 aliphatic rings. The van der Waals surface area contributed by atoms with Crippen molar-refractivity contribution in [2.75, 3.05) is 39.1 Å². The van der Waals surface area contributed by atoms with Gasteiger partial charge in [0.1, 0.15) is 23.0 Å². The van der Waals surface area contributed by atoms with Crippen LogP contribution in [0.4, 0.5) is 11.4 Å². The first kappa shape index (κ1) is 26.0. The van der Waals surface area contributed by atoms with Crippen LogP contribution in [0.3, 0.4) is 0 Å². The Morgan fingerprint density at radius 2 is 1.50 bits per heavy atom. The number of methoxy groups -OCH3 is 4. The van der Waals surface area contributed by atoms with Gasteiger partial charge in [-0.25, -0.2) is 0 Å². The van der Waals surface area contributed by atoms with Crippen molar-refractivity contribution >= 4 is 35.2 Å². The summed E-state index contributed by atoms with van der Waals surface area (Å²) in [6.45, 7) is 0. The number of anilines is 2. The molecule has 0 aromatic heterocycles. The van der Waals surface area contributed by atoms with Crippen LogP contribution in [-0.4, -0.2) is 51.3 Å². The Morgan fingerprint density at radius 3 is 2.06 bits per heavy atom. The summed E-state index contributed by atoms with van der Waals surface area (Å²) in [5.41, 5.74) is 1.33. The third-order valence-corrected chi connectivity index (χ3v) is 4.69. The van der Waals surface area contributed by atoms with Gasteiger partial charge in [0.25, 0.3) is 0 Å². The summed E-state index contributed by atoms with van der Waals surface area (Å²) in [4.78, 5) is 35.3. The summed E-state index contributed by atoms with van der Waals surface area (Å²) < 4.78 is 21.2. The molecule has 3 N–H and O–H groups in total. The van der Waals surface area contributed by atoms with Gasteiger partial charge in [-0.2, -0.15) is 0 Å². The highest BCUT2D eigenvalue weighted by Gasteiger charge is 2.13. The first-order valence-electron chi connectivity index (χ1n) is 10.3. The number of carboxylic acid groups (broad SMARTS) is 1. The zero-order valence-electron chi connectivity index (χ0n) is 19.5. The van der Waals surface area contributed by atoms with Crippen LogP contribution in [-0.2, 0) is 14.4 Å². The molecule has 2 aromatic rings. The molecule has 34 heavy (non-hydrogen) atoms. The van der Waals surface area contributed by atoms with Crippen LogP contribution in [0.25, 0.3) is 6.08 Å². The van der Waals surface area contributed by atoms with Gasteiger partial charge in [0.2, 0.25) is 11.8 Å². The van der Waals surface area contributed by atoms with Crippen molar-refractivity contribution in [1.29, 1.82) is 0 Å². The SMILES string of the molecule is COc1cc(OC)c(/C=C/C(=O)Nc2ccc(OC)c(NC(=O)CCCC(=O)O)c2)c(OC)c1. The van der Waals surface area contributed by atoms with Gasteiger partial charge in [0.15, 0.2) is 0 Å². The minimum Gasteiger partial charge on any atom is -0.496 e. The summed E-state index contributed by atoms with van der Waals surface area (Å²) in [7, 11) is 5.98. The molecule has 0 bridgehead atoms. The van der Waals surface area contributed by atoms with E-state index in [4.69, 9.17) is 24.1 Å². The maximum Gasteiger partial charge on any atom is 0.303 e. The number of ether oxygens (including phenoxy) is 4. The first-order chi connectivity index (χ1) is 16.3. The number of hydrogen-bond donors (Lipinski definition) is 3. The van der Waals surface area contributed by atoms with Gasteiger partial charge >= 0.3 is 5.97 Å². The molecule has 0 spiro atoms. The molecular weight excluding hydrogens is 444 g/mol. The van der Waals surface area contributed by atoms with Crippen molar-refractivity contribution < 1.29 is 38.4 Å². The van der Waals surface area contributed by atoms with Crippen LogP contribution >= 0.6 is 0 Å². The molecule has 0 radical (unpaired) electrons. The lowest BCUT2D eigenvalue weighted by Crippen LogP contribution is -2.13. The van der Waals surface area contributed by atoms with Crippen LogP contribution in [0.5, 0.6) is 23.0 Å². The molecular formula is C24H28N2O8. The largest absolute Gasteiger partial charge is 0.496 e. The third kappa shape index (κ3) is 7.44. The minimum atomic E-state index is -0.965. The van der Waals surface area contributed by atoms with Gasteiger partial charge in [-0.05, 0) is 30.7 Å². The lowest BCUT2D eigenvalue weighted by Gasteiger charge is -2.13. The molecule has 2 rings (SSSR count). The molecule has 10 heteroatoms. The zero-order chi connectivity index (χ0) is 25.1. The zero-order valence-corrected chi connectivity index (χ0v) is 19.5. The van der Waals surface area contributed by atoms with E-state index in [9.17, 15) is 14.4 Å². The predicted molar refractivity (Wildman–Crippen MR) is 127 cm³/mol. The summed E-state index contributed by atoms with van der Waals surface area (Å²) in [5.74, 6) is 0.132. The van der Waals surface area contributed by atoms with E-state index in [1.165, 1.54) is 34.5 Å². The quantitative estimate of drug-likeness (QED) is 0.400. The Balaban J connectivity index is 2.14. The molecule has 0 aliphatic heterocycles. The molecule has 2 aromatic carbocycles. The van der Waals surface area contributed by atoms with Crippen LogP contribution in [0.2, 0.25) is 0 Å². The molecule has 0 unspecified atom stereocenters. The Hall–Kier alpha value is -4.21. The number of aliphatic carboxylic acids is 1. The standard InChI is InChI=1S/C24H28N2O8/c1-31-16-13-20(33-3)17(21(14-16)34-4)9-11-23(28)25-15-8-10-19(32-2)18(12-15)26-22(27)6-5-7-24(29)30/h8-14H,5-7H2,1-4H3,(H,25,28)(H,26,27)(H,29,30)/b11-9+. The Bertz CT molecular complexity index is 1040. The van der Waals surface area contributed by atoms with E-state index in [0.717, 1.165) is 0 Å². The van der Waals surface area contributed by atoms with E-state index in [2.05, 4.69) is 10.6 Å². The van der Waals surface area contributed by atoms with Gasteiger partial charge in [0, 0.05) is 36.7 Å². The second-order valence-corrected chi connectivity index (χ2v) is 6.98. The first-order valence-corrected chi connectivity index (χ1v) is 10.3. The fraction of sp³-hybridized carbons (Fsp3) is 0.292. The smallest absolute Gasteiger partial charge is 0.303 e. The monoisotopic (exact) mass is 472 g/mol. The molecule has 10 nitrogen and oxygen atoms in total. The number of carbonyl (C=O) groups is 3. The Labute approximate surface area is 197 Å². The van der Waals surface area contributed by atoms with E-state index in [-0.39, 0.29) is 25.2 Å². The second-order valence-electron chi connectivity index (χ2n) is 6.98. The van der Waals surface area contributed by atoms with Crippen LogP contribution in [0.1, 0.15) is 24.8 Å². The van der Waals surface area contributed by atoms with Crippen molar-refractivity contribution in [3.8, 4) is 23.0 Å². The van der Waals surface area contributed by atoms with E-state index >= 15 is 0 Å². The topological polar surface area (TPSA) is 132 Å². The minimum absolute atomic E-state index is 0.0420. The van der Waals surface area contributed by atoms with Gasteiger partial charge in [-0.3, -0.25) is 14.4 Å². The molecule has 0 saturated heterocycles. The number of nitrogens with one attached hydrogen (secondary N) is 2. The maximum absolute atomic E-state index is 12.5. The summed E-state index contributed by atoms with van der Waals surface area (Å²) in [6.07, 6.45) is 3.03. The van der Waals surface area contributed by atoms with Crippen molar-refractivity contribution in [1.82, 2.24) is 0 Å². The van der Waals surface area contributed by atoms with Crippen molar-refractivity contribution in [3.63, 3.8) is 0 Å². The summed E-state index contributed by atoms with van der Waals surface area (Å²) in [5, 5.41) is 14.1. The number of carboxylic acids is 1. The fourth-order valence-electron chi connectivity index (χ4n) is 3.04. The molecule has 2 amide bonds. The van der Waals surface area contributed by atoms with Gasteiger partial charge < -0.3 is 34.7 Å². The van der Waals surface area contributed by atoms with Crippen LogP contribution in [0, 0.1) is 0 Å².